The summed E-state index contributed by atoms with van der Waals surface area (Å²) in [7, 11) is 0. The quantitative estimate of drug-likeness (QED) is 0.696. The van der Waals surface area contributed by atoms with Gasteiger partial charge in [0.15, 0.2) is 0 Å². The summed E-state index contributed by atoms with van der Waals surface area (Å²) in [6, 6.07) is 0. The molecule has 0 spiro atoms. The van der Waals surface area contributed by atoms with Gasteiger partial charge in [0.2, 0.25) is 0 Å². The van der Waals surface area contributed by atoms with Crippen molar-refractivity contribution in [2.75, 3.05) is 0 Å². The molecule has 2 heteroatoms. The van der Waals surface area contributed by atoms with Gasteiger partial charge in [0.05, 0.1) is 6.33 Å². The van der Waals surface area contributed by atoms with Crippen molar-refractivity contribution in [3.8, 4) is 0 Å². The van der Waals surface area contributed by atoms with E-state index in [4.69, 9.17) is 0 Å². The summed E-state index contributed by atoms with van der Waals surface area (Å²) in [6.45, 7) is 10.2. The molecular weight excluding hydrogens is 160 g/mol. The summed E-state index contributed by atoms with van der Waals surface area (Å²) >= 11 is 0. The lowest BCUT2D eigenvalue weighted by molar-refractivity contribution is 0.245. The Bertz CT molecular complexity index is 235. The fraction of sp³-hybridized carbons (Fsp3) is 0.727. The molecule has 0 atom stereocenters. The average molecular weight is 180 g/mol. The highest BCUT2D eigenvalue weighted by Crippen LogP contribution is 2.26. The van der Waals surface area contributed by atoms with Crippen LogP contribution in [-0.2, 0) is 6.54 Å². The second-order valence-corrected chi connectivity index (χ2v) is 5.00. The Morgan fingerprint density at radius 2 is 2.08 bits per heavy atom. The highest BCUT2D eigenvalue weighted by molar-refractivity contribution is 4.79. The Labute approximate surface area is 81.0 Å². The molecule has 1 heterocycles. The number of hydrogen-bond donors (Lipinski definition) is 0. The van der Waals surface area contributed by atoms with E-state index in [-0.39, 0.29) is 0 Å². The monoisotopic (exact) mass is 180 g/mol. The van der Waals surface area contributed by atoms with E-state index in [1.807, 2.05) is 18.7 Å². The summed E-state index contributed by atoms with van der Waals surface area (Å²) in [6.07, 6.45) is 7.01. The lowest BCUT2D eigenvalue weighted by atomic mass is 9.84. The van der Waals surface area contributed by atoms with Crippen LogP contribution in [0.2, 0.25) is 0 Å². The first kappa shape index (κ1) is 10.3. The summed E-state index contributed by atoms with van der Waals surface area (Å²) in [4.78, 5) is 4.05. The van der Waals surface area contributed by atoms with Crippen molar-refractivity contribution in [1.82, 2.24) is 9.55 Å². The summed E-state index contributed by atoms with van der Waals surface area (Å²) in [5, 5.41) is 0. The molecule has 1 rings (SSSR count). The summed E-state index contributed by atoms with van der Waals surface area (Å²) < 4.78 is 2.16. The van der Waals surface area contributed by atoms with Gasteiger partial charge in [-0.3, -0.25) is 0 Å². The molecule has 0 aromatic carbocycles. The van der Waals surface area contributed by atoms with Gasteiger partial charge < -0.3 is 4.57 Å². The first-order valence-corrected chi connectivity index (χ1v) is 4.95. The second kappa shape index (κ2) is 3.95. The van der Waals surface area contributed by atoms with Gasteiger partial charge >= 0.3 is 0 Å². The lowest BCUT2D eigenvalue weighted by Gasteiger charge is -2.26. The third kappa shape index (κ3) is 3.62. The molecule has 0 unspecified atom stereocenters. The zero-order valence-corrected chi connectivity index (χ0v) is 9.12. The van der Waals surface area contributed by atoms with Gasteiger partial charge in [-0.25, -0.2) is 4.98 Å². The normalized spacial score (nSPS) is 12.4. The van der Waals surface area contributed by atoms with Crippen LogP contribution in [0.15, 0.2) is 18.7 Å². The molecule has 0 amide bonds. The SMILES string of the molecule is CC(C)CC(C)(C)Cn1ccnc1. The van der Waals surface area contributed by atoms with Crippen molar-refractivity contribution in [2.45, 2.75) is 40.7 Å². The van der Waals surface area contributed by atoms with Crippen LogP contribution >= 0.6 is 0 Å². The van der Waals surface area contributed by atoms with Crippen LogP contribution in [0, 0.1) is 11.3 Å². The maximum atomic E-state index is 4.05. The Kier molecular flexibility index (Phi) is 3.12. The van der Waals surface area contributed by atoms with Crippen LogP contribution < -0.4 is 0 Å². The molecule has 13 heavy (non-hydrogen) atoms. The van der Waals surface area contributed by atoms with Crippen LogP contribution in [0.3, 0.4) is 0 Å². The third-order valence-corrected chi connectivity index (χ3v) is 2.13. The maximum Gasteiger partial charge on any atom is 0.0946 e. The highest BCUT2D eigenvalue weighted by Gasteiger charge is 2.19. The third-order valence-electron chi connectivity index (χ3n) is 2.13. The summed E-state index contributed by atoms with van der Waals surface area (Å²) in [5.74, 6) is 0.763. The van der Waals surface area contributed by atoms with Gasteiger partial charge in [0.1, 0.15) is 0 Å². The van der Waals surface area contributed by atoms with Crippen LogP contribution in [0.5, 0.6) is 0 Å². The fourth-order valence-electron chi connectivity index (χ4n) is 2.04. The van der Waals surface area contributed by atoms with Crippen molar-refractivity contribution < 1.29 is 0 Å². The van der Waals surface area contributed by atoms with Crippen LogP contribution in [0.4, 0.5) is 0 Å². The minimum Gasteiger partial charge on any atom is -0.337 e. The standard InChI is InChI=1S/C11H20N2/c1-10(2)7-11(3,4)8-13-6-5-12-9-13/h5-6,9-10H,7-8H2,1-4H3. The van der Waals surface area contributed by atoms with Gasteiger partial charge in [-0.2, -0.15) is 0 Å². The summed E-state index contributed by atoms with van der Waals surface area (Å²) in [5.41, 5.74) is 0.370. The van der Waals surface area contributed by atoms with Gasteiger partial charge in [-0.1, -0.05) is 27.7 Å². The molecule has 0 fully saturated rings. The van der Waals surface area contributed by atoms with Crippen LogP contribution in [0.1, 0.15) is 34.1 Å². The fourth-order valence-corrected chi connectivity index (χ4v) is 2.04. The second-order valence-electron chi connectivity index (χ2n) is 5.00. The van der Waals surface area contributed by atoms with E-state index in [0.717, 1.165) is 12.5 Å². The molecule has 0 bridgehead atoms. The molecule has 0 N–H and O–H groups in total. The zero-order chi connectivity index (χ0) is 9.90. The minimum absolute atomic E-state index is 0.370. The van der Waals surface area contributed by atoms with Gasteiger partial charge in [-0.05, 0) is 17.8 Å². The zero-order valence-electron chi connectivity index (χ0n) is 9.12. The molecule has 0 saturated heterocycles. The van der Waals surface area contributed by atoms with Crippen molar-refractivity contribution >= 4 is 0 Å². The predicted molar refractivity (Wildman–Crippen MR) is 55.5 cm³/mol. The molecule has 74 valence electrons. The van der Waals surface area contributed by atoms with Crippen molar-refractivity contribution in [2.24, 2.45) is 11.3 Å². The predicted octanol–water partition coefficient (Wildman–Crippen LogP) is 2.96. The van der Waals surface area contributed by atoms with Crippen molar-refractivity contribution in [3.05, 3.63) is 18.7 Å². The largest absolute Gasteiger partial charge is 0.337 e. The molecule has 0 aliphatic rings. The van der Waals surface area contributed by atoms with E-state index in [9.17, 15) is 0 Å². The first-order chi connectivity index (χ1) is 5.99. The van der Waals surface area contributed by atoms with E-state index in [2.05, 4.69) is 37.2 Å². The molecule has 0 aliphatic heterocycles. The number of aromatic nitrogens is 2. The van der Waals surface area contributed by atoms with Gasteiger partial charge in [0, 0.05) is 18.9 Å². The molecule has 0 aliphatic carbocycles. The van der Waals surface area contributed by atoms with Crippen molar-refractivity contribution in [1.29, 1.82) is 0 Å². The van der Waals surface area contributed by atoms with Crippen molar-refractivity contribution in [3.63, 3.8) is 0 Å². The molecule has 2 nitrogen and oxygen atoms in total. The molecule has 1 aromatic heterocycles. The van der Waals surface area contributed by atoms with Gasteiger partial charge in [0.25, 0.3) is 0 Å². The Balaban J connectivity index is 2.51. The van der Waals surface area contributed by atoms with E-state index >= 15 is 0 Å². The van der Waals surface area contributed by atoms with E-state index in [0.29, 0.717) is 5.41 Å². The van der Waals surface area contributed by atoms with E-state index < -0.39 is 0 Å². The lowest BCUT2D eigenvalue weighted by Crippen LogP contribution is -2.20. The molecule has 0 radical (unpaired) electrons. The van der Waals surface area contributed by atoms with Crippen LogP contribution in [0.25, 0.3) is 0 Å². The number of nitrogens with zero attached hydrogens (tertiary/aromatic N) is 2. The van der Waals surface area contributed by atoms with E-state index in [1.54, 1.807) is 0 Å². The number of rotatable bonds is 4. The first-order valence-electron chi connectivity index (χ1n) is 4.95. The minimum atomic E-state index is 0.370. The van der Waals surface area contributed by atoms with Crippen LogP contribution in [-0.4, -0.2) is 9.55 Å². The Morgan fingerprint density at radius 3 is 2.54 bits per heavy atom. The number of imidazole rings is 1. The van der Waals surface area contributed by atoms with E-state index in [1.165, 1.54) is 6.42 Å². The molecular formula is C11H20N2. The highest BCUT2D eigenvalue weighted by atomic mass is 15.0. The maximum absolute atomic E-state index is 4.05. The number of hydrogen-bond acceptors (Lipinski definition) is 1. The smallest absolute Gasteiger partial charge is 0.0946 e. The van der Waals surface area contributed by atoms with Gasteiger partial charge in [-0.15, -0.1) is 0 Å². The Morgan fingerprint density at radius 1 is 1.38 bits per heavy atom. The average Bonchev–Trinajstić information content (AvgIpc) is 2.34. The topological polar surface area (TPSA) is 17.8 Å². The molecule has 0 saturated carbocycles. The Hall–Kier alpha value is -0.790. The molecule has 1 aromatic rings.